The first kappa shape index (κ1) is 17.4. The normalized spacial score (nSPS) is 13.5. The smallest absolute Gasteiger partial charge is 0.257 e. The van der Waals surface area contributed by atoms with E-state index < -0.39 is 13.2 Å². The van der Waals surface area contributed by atoms with E-state index in [1.165, 1.54) is 0 Å². The molecular weight excluding hydrogens is 311 g/mol. The molecule has 23 heavy (non-hydrogen) atoms. The Hall–Kier alpha value is -1.94. The van der Waals surface area contributed by atoms with Gasteiger partial charge in [0.1, 0.15) is 0 Å². The van der Waals surface area contributed by atoms with Gasteiger partial charge in [0, 0.05) is 18.5 Å². The summed E-state index contributed by atoms with van der Waals surface area (Å²) in [7, 11) is -2.90. The summed E-state index contributed by atoms with van der Waals surface area (Å²) in [4.78, 5) is 11.6. The van der Waals surface area contributed by atoms with Gasteiger partial charge in [-0.25, -0.2) is 10.2 Å². The molecule has 0 heterocycles. The third-order valence-corrected chi connectivity index (χ3v) is 6.40. The second-order valence-electron chi connectivity index (χ2n) is 5.37. The Morgan fingerprint density at radius 1 is 1.09 bits per heavy atom. The minimum absolute atomic E-state index is 0.119. The third kappa shape index (κ3) is 4.76. The van der Waals surface area contributed by atoms with Crippen molar-refractivity contribution >= 4 is 18.5 Å². The first-order valence-electron chi connectivity index (χ1n) is 7.39. The van der Waals surface area contributed by atoms with Crippen molar-refractivity contribution < 1.29 is 14.6 Å². The van der Waals surface area contributed by atoms with Crippen molar-refractivity contribution in [3.05, 3.63) is 66.2 Å². The van der Waals surface area contributed by atoms with Crippen molar-refractivity contribution in [3.63, 3.8) is 0 Å². The number of nitrogens with zero attached hydrogens (tertiary/aromatic N) is 1. The van der Waals surface area contributed by atoms with Gasteiger partial charge >= 0.3 is 0 Å². The van der Waals surface area contributed by atoms with Crippen molar-refractivity contribution in [1.29, 1.82) is 0 Å². The van der Waals surface area contributed by atoms with Crippen LogP contribution in [0.5, 0.6) is 0 Å². The average Bonchev–Trinajstić information content (AvgIpc) is 2.59. The van der Waals surface area contributed by atoms with Gasteiger partial charge in [-0.05, 0) is 12.0 Å². The summed E-state index contributed by atoms with van der Waals surface area (Å²) in [6, 6.07) is 18.9. The van der Waals surface area contributed by atoms with Gasteiger partial charge < -0.3 is 4.57 Å². The fourth-order valence-electron chi connectivity index (χ4n) is 2.38. The Balaban J connectivity index is 2.19. The number of carbonyl (C=O) groups excluding carboxylic acids is 1. The molecule has 0 aliphatic rings. The van der Waals surface area contributed by atoms with E-state index >= 15 is 0 Å². The molecule has 6 heteroatoms. The number of carbonyl (C=O) groups is 1. The van der Waals surface area contributed by atoms with Crippen LogP contribution in [0.25, 0.3) is 0 Å². The molecule has 5 nitrogen and oxygen atoms in total. The summed E-state index contributed by atoms with van der Waals surface area (Å²) in [6.45, 7) is 1.99. The van der Waals surface area contributed by atoms with Gasteiger partial charge in [0.25, 0.3) is 5.91 Å². The largest absolute Gasteiger partial charge is 0.302 e. The molecule has 0 aliphatic heterocycles. The Labute approximate surface area is 136 Å². The molecule has 122 valence electrons. The lowest BCUT2D eigenvalue weighted by Crippen LogP contribution is -2.37. The van der Waals surface area contributed by atoms with Gasteiger partial charge in [-0.2, -0.15) is 0 Å². The topological polar surface area (TPSA) is 69.6 Å². The Bertz CT molecular complexity index is 677. The van der Waals surface area contributed by atoms with Gasteiger partial charge in [-0.3, -0.25) is 10.0 Å². The standard InChI is InChI=1S/C17H21N2O3P/c1-23(22,16-10-6-3-7-11-16)19(14-17(20)18-21)13-12-15-8-4-2-5-9-15/h2-11,21H,12-14H2,1H3,(H,18,20)/t23-/m1/s1. The van der Waals surface area contributed by atoms with Crippen LogP contribution in [0.3, 0.4) is 0 Å². The summed E-state index contributed by atoms with van der Waals surface area (Å²) < 4.78 is 14.9. The highest BCUT2D eigenvalue weighted by Crippen LogP contribution is 2.44. The number of rotatable bonds is 7. The minimum Gasteiger partial charge on any atom is -0.302 e. The molecule has 0 radical (unpaired) electrons. The van der Waals surface area contributed by atoms with Crippen molar-refractivity contribution in [3.8, 4) is 0 Å². The lowest BCUT2D eigenvalue weighted by Gasteiger charge is -2.28. The van der Waals surface area contributed by atoms with Crippen LogP contribution in [0, 0.1) is 0 Å². The average molecular weight is 332 g/mol. The highest BCUT2D eigenvalue weighted by molar-refractivity contribution is 7.68. The SMILES string of the molecule is C[P@@](=O)(c1ccccc1)N(CCc1ccccc1)CC(=O)NO. The van der Waals surface area contributed by atoms with E-state index in [0.717, 1.165) is 5.56 Å². The second kappa shape index (κ2) is 8.06. The van der Waals surface area contributed by atoms with E-state index in [1.807, 2.05) is 48.5 Å². The van der Waals surface area contributed by atoms with E-state index in [2.05, 4.69) is 0 Å². The van der Waals surface area contributed by atoms with E-state index in [9.17, 15) is 9.36 Å². The number of nitrogens with one attached hydrogen (secondary N) is 1. The van der Waals surface area contributed by atoms with Crippen LogP contribution in [0.1, 0.15) is 5.56 Å². The summed E-state index contributed by atoms with van der Waals surface area (Å²) in [5.41, 5.74) is 2.72. The van der Waals surface area contributed by atoms with E-state index in [0.29, 0.717) is 18.3 Å². The molecular formula is C17H21N2O3P. The summed E-state index contributed by atoms with van der Waals surface area (Å²) in [5.74, 6) is -0.573. The summed E-state index contributed by atoms with van der Waals surface area (Å²) >= 11 is 0. The van der Waals surface area contributed by atoms with Crippen LogP contribution >= 0.6 is 7.29 Å². The molecule has 0 aromatic heterocycles. The van der Waals surface area contributed by atoms with Gasteiger partial charge in [-0.1, -0.05) is 60.7 Å². The third-order valence-electron chi connectivity index (χ3n) is 3.73. The molecule has 1 atom stereocenters. The van der Waals surface area contributed by atoms with Gasteiger partial charge in [-0.15, -0.1) is 0 Å². The van der Waals surface area contributed by atoms with E-state index in [4.69, 9.17) is 5.21 Å². The molecule has 0 spiro atoms. The van der Waals surface area contributed by atoms with Crippen molar-refractivity contribution in [2.24, 2.45) is 0 Å². The summed E-state index contributed by atoms with van der Waals surface area (Å²) in [5, 5.41) is 9.48. The number of hydrogen-bond donors (Lipinski definition) is 2. The van der Waals surface area contributed by atoms with Crippen molar-refractivity contribution in [2.75, 3.05) is 19.8 Å². The zero-order chi connectivity index (χ0) is 16.7. The summed E-state index contributed by atoms with van der Waals surface area (Å²) in [6.07, 6.45) is 0.671. The molecule has 0 saturated heterocycles. The fraction of sp³-hybridized carbons (Fsp3) is 0.235. The van der Waals surface area contributed by atoms with Crippen LogP contribution in [-0.2, 0) is 15.8 Å². The van der Waals surface area contributed by atoms with E-state index in [1.54, 1.807) is 28.9 Å². The highest BCUT2D eigenvalue weighted by Gasteiger charge is 2.28. The predicted octanol–water partition coefficient (Wildman–Crippen LogP) is 2.27. The zero-order valence-electron chi connectivity index (χ0n) is 13.1. The van der Waals surface area contributed by atoms with Crippen molar-refractivity contribution in [1.82, 2.24) is 10.2 Å². The lowest BCUT2D eigenvalue weighted by atomic mass is 10.1. The molecule has 2 rings (SSSR count). The molecule has 0 aliphatic carbocycles. The maximum atomic E-state index is 13.3. The fourth-order valence-corrected chi connectivity index (χ4v) is 4.31. The Kier molecular flexibility index (Phi) is 6.11. The molecule has 1 amide bonds. The van der Waals surface area contributed by atoms with Crippen LogP contribution in [0.15, 0.2) is 60.7 Å². The highest BCUT2D eigenvalue weighted by atomic mass is 31.2. The van der Waals surface area contributed by atoms with Gasteiger partial charge in [0.15, 0.2) is 7.29 Å². The zero-order valence-corrected chi connectivity index (χ0v) is 13.9. The molecule has 2 aromatic carbocycles. The van der Waals surface area contributed by atoms with Gasteiger partial charge in [0.05, 0.1) is 6.54 Å². The maximum Gasteiger partial charge on any atom is 0.257 e. The van der Waals surface area contributed by atoms with Crippen molar-refractivity contribution in [2.45, 2.75) is 6.42 Å². The maximum absolute atomic E-state index is 13.3. The Morgan fingerprint density at radius 3 is 2.22 bits per heavy atom. The minimum atomic E-state index is -2.90. The number of hydrogen-bond acceptors (Lipinski definition) is 3. The second-order valence-corrected chi connectivity index (χ2v) is 8.21. The number of benzene rings is 2. The Morgan fingerprint density at radius 2 is 1.65 bits per heavy atom. The molecule has 2 aromatic rings. The lowest BCUT2D eigenvalue weighted by molar-refractivity contribution is -0.129. The first-order chi connectivity index (χ1) is 11.0. The van der Waals surface area contributed by atoms with Crippen LogP contribution in [0.4, 0.5) is 0 Å². The molecule has 0 fully saturated rings. The van der Waals surface area contributed by atoms with Gasteiger partial charge in [0.2, 0.25) is 0 Å². The number of hydroxylamine groups is 1. The first-order valence-corrected chi connectivity index (χ1v) is 9.50. The van der Waals surface area contributed by atoms with E-state index in [-0.39, 0.29) is 6.54 Å². The predicted molar refractivity (Wildman–Crippen MR) is 91.3 cm³/mol. The van der Waals surface area contributed by atoms with Crippen LogP contribution < -0.4 is 10.8 Å². The molecule has 2 N–H and O–H groups in total. The molecule has 0 saturated carbocycles. The quantitative estimate of drug-likeness (QED) is 0.464. The van der Waals surface area contributed by atoms with Crippen LogP contribution in [0.2, 0.25) is 0 Å². The van der Waals surface area contributed by atoms with Crippen LogP contribution in [-0.4, -0.2) is 35.5 Å². The monoisotopic (exact) mass is 332 g/mol. The molecule has 0 bridgehead atoms. The molecule has 0 unspecified atom stereocenters. The number of amides is 1.